The summed E-state index contributed by atoms with van der Waals surface area (Å²) in [5, 5.41) is 6.56. The van der Waals surface area contributed by atoms with Crippen molar-refractivity contribution in [1.82, 2.24) is 5.43 Å². The average molecular weight is 370 g/mol. The molecule has 0 atom stereocenters. The van der Waals surface area contributed by atoms with E-state index in [1.54, 1.807) is 18.2 Å². The molecule has 3 rings (SSSR count). The molecule has 0 aliphatic carbocycles. The molecule has 0 spiro atoms. The summed E-state index contributed by atoms with van der Waals surface area (Å²) in [6.07, 6.45) is 3.62. The molecule has 1 fully saturated rings. The molecule has 27 heavy (non-hydrogen) atoms. The number of methoxy groups -OCH3 is 1. The Balaban J connectivity index is 1.64. The molecule has 142 valence electrons. The Bertz CT molecular complexity index is 848. The van der Waals surface area contributed by atoms with Crippen molar-refractivity contribution >= 4 is 23.6 Å². The monoisotopic (exact) mass is 370 g/mol. The second-order valence-electron chi connectivity index (χ2n) is 6.38. The lowest BCUT2D eigenvalue weighted by Gasteiger charge is -2.19. The molecular formula is C20H23FN4O2. The summed E-state index contributed by atoms with van der Waals surface area (Å²) >= 11 is 0. The zero-order valence-electron chi connectivity index (χ0n) is 15.5. The minimum atomic E-state index is -0.512. The normalized spacial score (nSPS) is 13.8. The maximum absolute atomic E-state index is 14.4. The Labute approximate surface area is 158 Å². The Morgan fingerprint density at radius 3 is 2.74 bits per heavy atom. The van der Waals surface area contributed by atoms with Crippen LogP contribution < -0.4 is 20.4 Å². The van der Waals surface area contributed by atoms with E-state index >= 15 is 0 Å². The van der Waals surface area contributed by atoms with Gasteiger partial charge in [-0.25, -0.2) is 14.6 Å². The summed E-state index contributed by atoms with van der Waals surface area (Å²) in [7, 11) is 1.53. The van der Waals surface area contributed by atoms with Crippen LogP contribution in [0.15, 0.2) is 41.5 Å². The molecule has 0 radical (unpaired) electrons. The third-order valence-electron chi connectivity index (χ3n) is 4.51. The maximum Gasteiger partial charge on any atom is 0.339 e. The van der Waals surface area contributed by atoms with Crippen molar-refractivity contribution < 1.29 is 13.9 Å². The standard InChI is InChI=1S/C20H23FN4O2/c1-14-11-18(25-9-5-6-10-25)16(21)12-15(14)13-22-24-20(26)23-17-7-3-4-8-19(17)27-2/h3-4,7-8,11-13H,5-6,9-10H2,1-2H3,(H2,23,24,26)/b22-13+. The van der Waals surface area contributed by atoms with Crippen molar-refractivity contribution in [2.75, 3.05) is 30.4 Å². The number of hydrogen-bond donors (Lipinski definition) is 2. The number of carbonyl (C=O) groups excluding carboxylic acids is 1. The van der Waals surface area contributed by atoms with E-state index in [1.165, 1.54) is 19.4 Å². The number of aryl methyl sites for hydroxylation is 1. The second-order valence-corrected chi connectivity index (χ2v) is 6.38. The Kier molecular flexibility index (Phi) is 5.90. The fourth-order valence-electron chi connectivity index (χ4n) is 3.08. The molecular weight excluding hydrogens is 347 g/mol. The summed E-state index contributed by atoms with van der Waals surface area (Å²) < 4.78 is 19.6. The van der Waals surface area contributed by atoms with Crippen LogP contribution in [0.4, 0.5) is 20.6 Å². The summed E-state index contributed by atoms with van der Waals surface area (Å²) in [6, 6.07) is 9.83. The second kappa shape index (κ2) is 8.53. The van der Waals surface area contributed by atoms with E-state index in [4.69, 9.17) is 4.74 Å². The number of hydrogen-bond acceptors (Lipinski definition) is 4. The first-order valence-electron chi connectivity index (χ1n) is 8.86. The number of halogens is 1. The number of benzene rings is 2. The third-order valence-corrected chi connectivity index (χ3v) is 4.51. The van der Waals surface area contributed by atoms with Crippen LogP contribution in [0.2, 0.25) is 0 Å². The number of anilines is 2. The molecule has 0 unspecified atom stereocenters. The quantitative estimate of drug-likeness (QED) is 0.620. The van der Waals surface area contributed by atoms with Gasteiger partial charge in [0.2, 0.25) is 0 Å². The molecule has 1 aliphatic rings. The number of nitrogens with one attached hydrogen (secondary N) is 2. The van der Waals surface area contributed by atoms with Crippen molar-refractivity contribution in [1.29, 1.82) is 0 Å². The predicted octanol–water partition coefficient (Wildman–Crippen LogP) is 3.90. The number of carbonyl (C=O) groups is 1. The maximum atomic E-state index is 14.4. The van der Waals surface area contributed by atoms with Gasteiger partial charge in [0.25, 0.3) is 0 Å². The molecule has 1 aliphatic heterocycles. The lowest BCUT2D eigenvalue weighted by atomic mass is 10.1. The third kappa shape index (κ3) is 4.55. The van der Waals surface area contributed by atoms with E-state index in [-0.39, 0.29) is 5.82 Å². The summed E-state index contributed by atoms with van der Waals surface area (Å²) in [5.74, 6) is 0.273. The highest BCUT2D eigenvalue weighted by molar-refractivity contribution is 5.92. The van der Waals surface area contributed by atoms with Gasteiger partial charge in [0, 0.05) is 18.7 Å². The van der Waals surface area contributed by atoms with Crippen LogP contribution >= 0.6 is 0 Å². The largest absolute Gasteiger partial charge is 0.495 e. The van der Waals surface area contributed by atoms with E-state index in [1.807, 2.05) is 19.1 Å². The van der Waals surface area contributed by atoms with Gasteiger partial charge >= 0.3 is 6.03 Å². The summed E-state index contributed by atoms with van der Waals surface area (Å²) in [4.78, 5) is 14.0. The molecule has 0 aromatic heterocycles. The average Bonchev–Trinajstić information content (AvgIpc) is 3.19. The number of nitrogens with zero attached hydrogens (tertiary/aromatic N) is 2. The van der Waals surface area contributed by atoms with Crippen LogP contribution in [0.25, 0.3) is 0 Å². The first-order chi connectivity index (χ1) is 13.1. The van der Waals surface area contributed by atoms with Gasteiger partial charge in [0.05, 0.1) is 24.7 Å². The first kappa shape index (κ1) is 18.7. The van der Waals surface area contributed by atoms with Gasteiger partial charge in [-0.3, -0.25) is 0 Å². The molecule has 2 aromatic rings. The van der Waals surface area contributed by atoms with Crippen LogP contribution in [0.1, 0.15) is 24.0 Å². The Morgan fingerprint density at radius 2 is 2.00 bits per heavy atom. The van der Waals surface area contributed by atoms with Crippen molar-refractivity contribution in [2.45, 2.75) is 19.8 Å². The predicted molar refractivity (Wildman–Crippen MR) is 105 cm³/mol. The molecule has 2 N–H and O–H groups in total. The van der Waals surface area contributed by atoms with Crippen LogP contribution in [-0.2, 0) is 0 Å². The van der Waals surface area contributed by atoms with Gasteiger partial charge in [0.1, 0.15) is 11.6 Å². The number of ether oxygens (including phenoxy) is 1. The molecule has 0 bridgehead atoms. The summed E-state index contributed by atoms with van der Waals surface area (Å²) in [6.45, 7) is 3.66. The fourth-order valence-corrected chi connectivity index (χ4v) is 3.08. The molecule has 1 saturated heterocycles. The number of amides is 2. The highest BCUT2D eigenvalue weighted by atomic mass is 19.1. The minimum Gasteiger partial charge on any atom is -0.495 e. The lowest BCUT2D eigenvalue weighted by Crippen LogP contribution is -2.24. The van der Waals surface area contributed by atoms with Gasteiger partial charge in [-0.05, 0) is 49.6 Å². The van der Waals surface area contributed by atoms with Crippen LogP contribution in [0.3, 0.4) is 0 Å². The number of urea groups is 1. The van der Waals surface area contributed by atoms with Gasteiger partial charge in [-0.15, -0.1) is 0 Å². The van der Waals surface area contributed by atoms with E-state index in [9.17, 15) is 9.18 Å². The van der Waals surface area contributed by atoms with Crippen molar-refractivity contribution in [3.05, 3.63) is 53.3 Å². The number of rotatable bonds is 5. The highest BCUT2D eigenvalue weighted by Gasteiger charge is 2.17. The van der Waals surface area contributed by atoms with E-state index < -0.39 is 6.03 Å². The van der Waals surface area contributed by atoms with Gasteiger partial charge in [-0.2, -0.15) is 5.10 Å². The van der Waals surface area contributed by atoms with Crippen molar-refractivity contribution in [3.63, 3.8) is 0 Å². The van der Waals surface area contributed by atoms with Crippen LogP contribution in [0.5, 0.6) is 5.75 Å². The van der Waals surface area contributed by atoms with Gasteiger partial charge in [-0.1, -0.05) is 12.1 Å². The van der Waals surface area contributed by atoms with Crippen LogP contribution in [0, 0.1) is 12.7 Å². The zero-order valence-corrected chi connectivity index (χ0v) is 15.5. The van der Waals surface area contributed by atoms with E-state index in [0.717, 1.165) is 31.5 Å². The lowest BCUT2D eigenvalue weighted by molar-refractivity contribution is 0.252. The Hall–Kier alpha value is -3.09. The number of para-hydroxylation sites is 2. The van der Waals surface area contributed by atoms with Crippen molar-refractivity contribution in [3.8, 4) is 5.75 Å². The molecule has 2 amide bonds. The van der Waals surface area contributed by atoms with Gasteiger partial charge in [0.15, 0.2) is 0 Å². The Morgan fingerprint density at radius 1 is 1.26 bits per heavy atom. The van der Waals surface area contributed by atoms with Crippen LogP contribution in [-0.4, -0.2) is 32.4 Å². The van der Waals surface area contributed by atoms with E-state index in [2.05, 4.69) is 20.7 Å². The van der Waals surface area contributed by atoms with E-state index in [0.29, 0.717) is 22.7 Å². The smallest absolute Gasteiger partial charge is 0.339 e. The number of hydrazone groups is 1. The molecule has 2 aromatic carbocycles. The molecule has 1 heterocycles. The van der Waals surface area contributed by atoms with Crippen molar-refractivity contribution in [2.24, 2.45) is 5.10 Å². The van der Waals surface area contributed by atoms with Gasteiger partial charge < -0.3 is 15.0 Å². The molecule has 6 nitrogen and oxygen atoms in total. The zero-order chi connectivity index (χ0) is 19.2. The highest BCUT2D eigenvalue weighted by Crippen LogP contribution is 2.26. The SMILES string of the molecule is COc1ccccc1NC(=O)N/N=C/c1cc(F)c(N2CCCC2)cc1C. The minimum absolute atomic E-state index is 0.276. The molecule has 0 saturated carbocycles. The first-order valence-corrected chi connectivity index (χ1v) is 8.86. The topological polar surface area (TPSA) is 66.0 Å². The fraction of sp³-hybridized carbons (Fsp3) is 0.300. The molecule has 7 heteroatoms. The summed E-state index contributed by atoms with van der Waals surface area (Å²) in [5.41, 5.74) is 5.06.